The highest BCUT2D eigenvalue weighted by molar-refractivity contribution is 5.15. The van der Waals surface area contributed by atoms with Gasteiger partial charge in [-0.2, -0.15) is 0 Å². The van der Waals surface area contributed by atoms with E-state index < -0.39 is 0 Å². The summed E-state index contributed by atoms with van der Waals surface area (Å²) in [4.78, 5) is 2.46. The van der Waals surface area contributed by atoms with E-state index in [1.54, 1.807) is 0 Å². The van der Waals surface area contributed by atoms with Crippen molar-refractivity contribution in [2.75, 3.05) is 59.6 Å². The Morgan fingerprint density at radius 2 is 1.41 bits per heavy atom. The average molecular weight is 649 g/mol. The number of unbranched alkanes of at least 4 members (excludes halogenated alkanes) is 3. The van der Waals surface area contributed by atoms with E-state index in [0.29, 0.717) is 53.3 Å². The molecule has 4 aliphatic rings. The first-order valence-electron chi connectivity index (χ1n) is 19.9. The second kappa shape index (κ2) is 18.6. The van der Waals surface area contributed by atoms with E-state index in [1.165, 1.54) is 64.3 Å². The van der Waals surface area contributed by atoms with E-state index in [9.17, 15) is 0 Å². The summed E-state index contributed by atoms with van der Waals surface area (Å²) >= 11 is 0. The Morgan fingerprint density at radius 3 is 2.07 bits per heavy atom. The summed E-state index contributed by atoms with van der Waals surface area (Å²) in [5.74, 6) is 4.02. The molecule has 270 valence electrons. The van der Waals surface area contributed by atoms with Crippen LogP contribution in [-0.2, 0) is 14.2 Å². The summed E-state index contributed by atoms with van der Waals surface area (Å²) in [6, 6.07) is 0. The van der Waals surface area contributed by atoms with Crippen LogP contribution in [0.3, 0.4) is 0 Å². The molecule has 0 aromatic heterocycles. The van der Waals surface area contributed by atoms with Crippen molar-refractivity contribution in [3.05, 3.63) is 0 Å². The van der Waals surface area contributed by atoms with Crippen LogP contribution < -0.4 is 17.2 Å². The maximum Gasteiger partial charge on any atom is 0.0637 e. The van der Waals surface area contributed by atoms with Gasteiger partial charge in [0.25, 0.3) is 0 Å². The molecule has 46 heavy (non-hydrogen) atoms. The minimum Gasteiger partial charge on any atom is -0.378 e. The molecule has 0 saturated heterocycles. The maximum absolute atomic E-state index is 7.11. The molecule has 11 atom stereocenters. The number of fused-ring (bicyclic) bond motifs is 5. The average Bonchev–Trinajstić information content (AvgIpc) is 3.41. The molecule has 0 amide bonds. The van der Waals surface area contributed by atoms with E-state index in [-0.39, 0.29) is 5.41 Å². The van der Waals surface area contributed by atoms with Crippen molar-refractivity contribution in [3.8, 4) is 0 Å². The second-order valence-electron chi connectivity index (χ2n) is 16.6. The SMILES string of the molecule is CCN(C)CCC[C@@H](C)[C@H]1CC[C@H]2C3[C@H](OCCCCN)CC4C[C@H](OCCCCN)CC[C@]4(C)[C@H]3C[C@H](OCCCCN)C12C. The molecular formula is C39H76N4O3. The lowest BCUT2D eigenvalue weighted by atomic mass is 9.43. The zero-order valence-electron chi connectivity index (χ0n) is 30.9. The second-order valence-corrected chi connectivity index (χ2v) is 16.6. The molecule has 0 aliphatic heterocycles. The third-order valence-electron chi connectivity index (χ3n) is 14.0. The zero-order valence-corrected chi connectivity index (χ0v) is 30.9. The smallest absolute Gasteiger partial charge is 0.0637 e. The molecule has 4 aliphatic carbocycles. The Kier molecular flexibility index (Phi) is 15.6. The molecule has 0 aromatic carbocycles. The highest BCUT2D eigenvalue weighted by atomic mass is 16.5. The minimum absolute atomic E-state index is 0.200. The van der Waals surface area contributed by atoms with Crippen LogP contribution in [0, 0.1) is 46.3 Å². The number of nitrogens with two attached hydrogens (primary N) is 3. The van der Waals surface area contributed by atoms with Gasteiger partial charge in [0, 0.05) is 25.2 Å². The van der Waals surface area contributed by atoms with Crippen LogP contribution in [0.15, 0.2) is 0 Å². The van der Waals surface area contributed by atoms with Crippen molar-refractivity contribution >= 4 is 0 Å². The molecule has 7 nitrogen and oxygen atoms in total. The Hall–Kier alpha value is -0.280. The van der Waals surface area contributed by atoms with Gasteiger partial charge in [-0.3, -0.25) is 0 Å². The van der Waals surface area contributed by atoms with Crippen molar-refractivity contribution in [1.29, 1.82) is 0 Å². The third-order valence-corrected chi connectivity index (χ3v) is 14.0. The van der Waals surface area contributed by atoms with Gasteiger partial charge in [-0.25, -0.2) is 0 Å². The molecule has 3 unspecified atom stereocenters. The van der Waals surface area contributed by atoms with Crippen LogP contribution in [-0.4, -0.2) is 82.8 Å². The first-order valence-corrected chi connectivity index (χ1v) is 19.9. The third kappa shape index (κ3) is 8.89. The highest BCUT2D eigenvalue weighted by Crippen LogP contribution is 2.69. The lowest BCUT2D eigenvalue weighted by Crippen LogP contribution is -2.63. The number of hydrogen-bond donors (Lipinski definition) is 3. The van der Waals surface area contributed by atoms with Gasteiger partial charge >= 0.3 is 0 Å². The van der Waals surface area contributed by atoms with Gasteiger partial charge in [0.2, 0.25) is 0 Å². The van der Waals surface area contributed by atoms with Gasteiger partial charge in [-0.1, -0.05) is 27.7 Å². The lowest BCUT2D eigenvalue weighted by molar-refractivity contribution is -0.227. The number of nitrogens with zero attached hydrogens (tertiary/aromatic N) is 1. The van der Waals surface area contributed by atoms with Crippen LogP contribution in [0.1, 0.15) is 124 Å². The number of ether oxygens (including phenoxy) is 3. The Morgan fingerprint density at radius 1 is 0.761 bits per heavy atom. The molecule has 0 heterocycles. The fraction of sp³-hybridized carbons (Fsp3) is 1.00. The van der Waals surface area contributed by atoms with Crippen LogP contribution >= 0.6 is 0 Å². The molecule has 7 heteroatoms. The summed E-state index contributed by atoms with van der Waals surface area (Å²) in [5, 5.41) is 0. The van der Waals surface area contributed by atoms with Crippen LogP contribution in [0.2, 0.25) is 0 Å². The molecule has 6 N–H and O–H groups in total. The maximum atomic E-state index is 7.11. The molecule has 0 spiro atoms. The first kappa shape index (κ1) is 38.5. The number of rotatable bonds is 21. The minimum atomic E-state index is 0.200. The van der Waals surface area contributed by atoms with Crippen molar-refractivity contribution in [3.63, 3.8) is 0 Å². The Balaban J connectivity index is 1.59. The summed E-state index contributed by atoms with van der Waals surface area (Å²) in [7, 11) is 2.26. The Bertz CT molecular complexity index is 863. The summed E-state index contributed by atoms with van der Waals surface area (Å²) < 4.78 is 20.6. The molecule has 4 fully saturated rings. The van der Waals surface area contributed by atoms with Crippen molar-refractivity contribution in [2.45, 2.75) is 142 Å². The summed E-state index contributed by atoms with van der Waals surface area (Å²) in [5.41, 5.74) is 18.1. The normalized spacial score (nSPS) is 38.0. The van der Waals surface area contributed by atoms with Crippen molar-refractivity contribution < 1.29 is 14.2 Å². The molecule has 0 radical (unpaired) electrons. The van der Waals surface area contributed by atoms with Gasteiger partial charge in [0.05, 0.1) is 18.3 Å². The predicted molar refractivity (Wildman–Crippen MR) is 192 cm³/mol. The van der Waals surface area contributed by atoms with Gasteiger partial charge < -0.3 is 36.3 Å². The predicted octanol–water partition coefficient (Wildman–Crippen LogP) is 6.61. The largest absolute Gasteiger partial charge is 0.378 e. The summed E-state index contributed by atoms with van der Waals surface area (Å²) in [6.07, 6.45) is 18.7. The van der Waals surface area contributed by atoms with Gasteiger partial charge in [-0.05, 0) is 177 Å². The van der Waals surface area contributed by atoms with Crippen LogP contribution in [0.25, 0.3) is 0 Å². The topological polar surface area (TPSA) is 109 Å². The zero-order chi connectivity index (χ0) is 33.2. The van der Waals surface area contributed by atoms with E-state index >= 15 is 0 Å². The van der Waals surface area contributed by atoms with Gasteiger partial charge in [0.15, 0.2) is 0 Å². The lowest BCUT2D eigenvalue weighted by Gasteiger charge is -2.65. The molecular weight excluding hydrogens is 572 g/mol. The van der Waals surface area contributed by atoms with Crippen LogP contribution in [0.5, 0.6) is 0 Å². The standard InChI is InChI=1S/C39H76N4O3/c1-6-43(5)22-13-14-29(2)32-15-16-33-37-34(28-36(39(32,33)4)46-25-12-9-21-42)38(3)18-17-31(44-23-10-7-19-40)26-30(38)27-35(37)45-24-11-8-20-41/h29-37H,6-28,40-42H2,1-5H3/t29-,30?,31-,32-,33+,34+,35-,36+,37?,38+,39?/m1/s1. The van der Waals surface area contributed by atoms with Gasteiger partial charge in [0.1, 0.15) is 0 Å². The quantitative estimate of drug-likeness (QED) is 0.120. The highest BCUT2D eigenvalue weighted by Gasteiger charge is 2.66. The molecule has 4 saturated carbocycles. The number of hydrogen-bond acceptors (Lipinski definition) is 7. The van der Waals surface area contributed by atoms with Crippen molar-refractivity contribution in [2.24, 2.45) is 63.5 Å². The van der Waals surface area contributed by atoms with E-state index in [2.05, 4.69) is 39.6 Å². The monoisotopic (exact) mass is 649 g/mol. The molecule has 0 aromatic rings. The Labute approximate surface area is 284 Å². The molecule has 4 rings (SSSR count). The van der Waals surface area contributed by atoms with Gasteiger partial charge in [-0.15, -0.1) is 0 Å². The summed E-state index contributed by atoms with van der Waals surface area (Å²) in [6.45, 7) is 17.3. The fourth-order valence-corrected chi connectivity index (χ4v) is 11.1. The van der Waals surface area contributed by atoms with E-state index in [1.807, 2.05) is 0 Å². The van der Waals surface area contributed by atoms with E-state index in [4.69, 9.17) is 31.4 Å². The van der Waals surface area contributed by atoms with Crippen LogP contribution in [0.4, 0.5) is 0 Å². The first-order chi connectivity index (χ1) is 22.2. The van der Waals surface area contributed by atoms with Crippen molar-refractivity contribution in [1.82, 2.24) is 4.90 Å². The van der Waals surface area contributed by atoms with E-state index in [0.717, 1.165) is 90.4 Å². The molecule has 0 bridgehead atoms. The fourth-order valence-electron chi connectivity index (χ4n) is 11.1.